The molecule has 1 aromatic heterocycles. The first-order valence-corrected chi connectivity index (χ1v) is 11.2. The molecule has 1 atom stereocenters. The number of fused-ring (bicyclic) bond motifs is 2. The molecule has 33 heavy (non-hydrogen) atoms. The number of carbonyl (C=O) groups excluding carboxylic acids is 1. The third kappa shape index (κ3) is 3.03. The van der Waals surface area contributed by atoms with E-state index in [1.165, 1.54) is 0 Å². The van der Waals surface area contributed by atoms with Crippen molar-refractivity contribution >= 4 is 28.2 Å². The zero-order valence-corrected chi connectivity index (χ0v) is 20.0. The van der Waals surface area contributed by atoms with Crippen LogP contribution in [0.25, 0.3) is 10.9 Å². The minimum atomic E-state index is -1.06. The number of cyclic esters (lactones) is 1. The topological polar surface area (TPSA) is 48.6 Å². The second kappa shape index (κ2) is 7.41. The molecule has 2 heterocycles. The fourth-order valence-electron chi connectivity index (χ4n) is 5.10. The number of aryl methyl sites for hydroxylation is 2. The lowest BCUT2D eigenvalue weighted by Crippen LogP contribution is -2.32. The largest absolute Gasteiger partial charge is 0.440 e. The quantitative estimate of drug-likeness (QED) is 0.434. The molecule has 1 unspecified atom stereocenters. The van der Waals surface area contributed by atoms with Crippen LogP contribution in [0.4, 0.5) is 11.4 Å². The molecule has 1 aliphatic rings. The van der Waals surface area contributed by atoms with E-state index >= 15 is 0 Å². The smallest absolute Gasteiger partial charge is 0.340 e. The normalized spacial score (nSPS) is 17.2. The van der Waals surface area contributed by atoms with Gasteiger partial charge in [-0.1, -0.05) is 35.9 Å². The molecule has 1 N–H and O–H groups in total. The molecule has 0 saturated carbocycles. The van der Waals surface area contributed by atoms with Crippen LogP contribution < -0.4 is 9.80 Å². The molecule has 0 aliphatic carbocycles. The number of anilines is 2. The second-order valence-electron chi connectivity index (χ2n) is 9.28. The van der Waals surface area contributed by atoms with Gasteiger partial charge in [0, 0.05) is 72.9 Å². The average molecular weight is 440 g/mol. The van der Waals surface area contributed by atoms with Gasteiger partial charge in [-0.05, 0) is 44.2 Å². The van der Waals surface area contributed by atoms with E-state index in [0.717, 1.165) is 50.2 Å². The number of ether oxygens (including phenoxy) is 1. The molecule has 5 nitrogen and oxygen atoms in total. The van der Waals surface area contributed by atoms with Crippen molar-refractivity contribution in [1.82, 2.24) is 4.98 Å². The number of benzene rings is 3. The molecule has 1 aliphatic heterocycles. The molecule has 0 spiro atoms. The highest BCUT2D eigenvalue weighted by Gasteiger charge is 2.51. The molecule has 4 aromatic rings. The van der Waals surface area contributed by atoms with Crippen molar-refractivity contribution in [3.05, 3.63) is 94.2 Å². The lowest BCUT2D eigenvalue weighted by atomic mass is 9.77. The summed E-state index contributed by atoms with van der Waals surface area (Å²) in [7, 11) is 8.12. The van der Waals surface area contributed by atoms with Crippen molar-refractivity contribution < 1.29 is 9.53 Å². The first-order chi connectivity index (χ1) is 15.7. The molecule has 5 heteroatoms. The first kappa shape index (κ1) is 21.1. The van der Waals surface area contributed by atoms with E-state index in [1.54, 1.807) is 0 Å². The molecular formula is C28H29N3O2. The third-order valence-electron chi connectivity index (χ3n) is 6.62. The van der Waals surface area contributed by atoms with Crippen LogP contribution in [0.2, 0.25) is 0 Å². The summed E-state index contributed by atoms with van der Waals surface area (Å²) in [6.45, 7) is 4.15. The molecule has 0 bridgehead atoms. The number of aromatic amines is 1. The summed E-state index contributed by atoms with van der Waals surface area (Å²) in [4.78, 5) is 21.0. The highest BCUT2D eigenvalue weighted by molar-refractivity contribution is 5.99. The highest BCUT2D eigenvalue weighted by Crippen LogP contribution is 2.52. The van der Waals surface area contributed by atoms with E-state index in [9.17, 15) is 4.79 Å². The Balaban J connectivity index is 1.94. The minimum absolute atomic E-state index is 0.298. The zero-order chi connectivity index (χ0) is 23.5. The highest BCUT2D eigenvalue weighted by atomic mass is 16.6. The summed E-state index contributed by atoms with van der Waals surface area (Å²) in [6, 6.07) is 20.5. The maximum atomic E-state index is 13.3. The maximum Gasteiger partial charge on any atom is 0.340 e. The lowest BCUT2D eigenvalue weighted by molar-refractivity contribution is 0.0256. The average Bonchev–Trinajstić information content (AvgIpc) is 3.27. The lowest BCUT2D eigenvalue weighted by Gasteiger charge is -2.34. The number of esters is 1. The Morgan fingerprint density at radius 1 is 0.848 bits per heavy atom. The van der Waals surface area contributed by atoms with Crippen LogP contribution in [-0.4, -0.2) is 39.1 Å². The van der Waals surface area contributed by atoms with Crippen molar-refractivity contribution in [2.45, 2.75) is 19.4 Å². The first-order valence-electron chi connectivity index (χ1n) is 11.2. The van der Waals surface area contributed by atoms with Crippen molar-refractivity contribution in [1.29, 1.82) is 0 Å². The van der Waals surface area contributed by atoms with E-state index < -0.39 is 5.60 Å². The van der Waals surface area contributed by atoms with Gasteiger partial charge in [0.2, 0.25) is 0 Å². The van der Waals surface area contributed by atoms with Crippen LogP contribution in [0.15, 0.2) is 60.7 Å². The van der Waals surface area contributed by atoms with Gasteiger partial charge in [-0.15, -0.1) is 0 Å². The predicted octanol–water partition coefficient (Wildman–Crippen LogP) is 5.38. The Kier molecular flexibility index (Phi) is 4.74. The van der Waals surface area contributed by atoms with Gasteiger partial charge in [0.25, 0.3) is 0 Å². The number of rotatable bonds is 4. The summed E-state index contributed by atoms with van der Waals surface area (Å²) in [5.74, 6) is -0.298. The summed E-state index contributed by atoms with van der Waals surface area (Å²) in [5, 5.41) is 1.07. The maximum absolute atomic E-state index is 13.3. The van der Waals surface area contributed by atoms with Gasteiger partial charge in [0.15, 0.2) is 5.60 Å². The Bertz CT molecular complexity index is 1400. The van der Waals surface area contributed by atoms with Crippen molar-refractivity contribution in [2.75, 3.05) is 38.0 Å². The Morgan fingerprint density at radius 3 is 2.33 bits per heavy atom. The van der Waals surface area contributed by atoms with Gasteiger partial charge in [0.05, 0.1) is 5.56 Å². The Morgan fingerprint density at radius 2 is 1.61 bits per heavy atom. The molecule has 168 valence electrons. The Labute approximate surface area is 194 Å². The molecule has 0 amide bonds. The van der Waals surface area contributed by atoms with E-state index in [-0.39, 0.29) is 5.97 Å². The summed E-state index contributed by atoms with van der Waals surface area (Å²) in [5.41, 5.74) is 7.63. The van der Waals surface area contributed by atoms with Crippen LogP contribution in [0.1, 0.15) is 38.3 Å². The monoisotopic (exact) mass is 439 g/mol. The fraction of sp³-hybridized carbons (Fsp3) is 0.250. The number of carbonyl (C=O) groups is 1. The molecule has 5 rings (SSSR count). The van der Waals surface area contributed by atoms with E-state index in [0.29, 0.717) is 5.56 Å². The van der Waals surface area contributed by atoms with Gasteiger partial charge >= 0.3 is 5.97 Å². The zero-order valence-electron chi connectivity index (χ0n) is 20.0. The van der Waals surface area contributed by atoms with Crippen molar-refractivity contribution in [3.63, 3.8) is 0 Å². The van der Waals surface area contributed by atoms with Crippen LogP contribution in [-0.2, 0) is 10.3 Å². The standard InChI is InChI=1S/C28H29N3O2/c1-17-11-14-24-21(15-17)26(18(2)29-24)28(22-10-8-7-9-20(22)27(32)33-28)23-13-12-19(30(3)4)16-25(23)31(5)6/h7-16,29H,1-6H3. The number of nitrogens with one attached hydrogen (secondary N) is 1. The van der Waals surface area contributed by atoms with E-state index in [1.807, 2.05) is 52.5 Å². The van der Waals surface area contributed by atoms with Crippen LogP contribution in [0.3, 0.4) is 0 Å². The Hall–Kier alpha value is -3.73. The minimum Gasteiger partial charge on any atom is -0.440 e. The second-order valence-corrected chi connectivity index (χ2v) is 9.28. The third-order valence-corrected chi connectivity index (χ3v) is 6.62. The number of nitrogens with zero attached hydrogens (tertiary/aromatic N) is 2. The molecule has 3 aromatic carbocycles. The SMILES string of the molecule is Cc1ccc2[nH]c(C)c(C3(c4ccc(N(C)C)cc4N(C)C)OC(=O)c4ccccc43)c2c1. The van der Waals surface area contributed by atoms with Crippen LogP contribution in [0.5, 0.6) is 0 Å². The van der Waals surface area contributed by atoms with Crippen LogP contribution >= 0.6 is 0 Å². The van der Waals surface area contributed by atoms with Crippen molar-refractivity contribution in [2.24, 2.45) is 0 Å². The van der Waals surface area contributed by atoms with Gasteiger partial charge in [-0.3, -0.25) is 0 Å². The summed E-state index contributed by atoms with van der Waals surface area (Å²) >= 11 is 0. The summed E-state index contributed by atoms with van der Waals surface area (Å²) < 4.78 is 6.47. The summed E-state index contributed by atoms with van der Waals surface area (Å²) in [6.07, 6.45) is 0. The van der Waals surface area contributed by atoms with Gasteiger partial charge < -0.3 is 19.5 Å². The number of hydrogen-bond donors (Lipinski definition) is 1. The predicted molar refractivity (Wildman–Crippen MR) is 135 cm³/mol. The molecule has 0 saturated heterocycles. The molecule has 0 radical (unpaired) electrons. The van der Waals surface area contributed by atoms with Gasteiger partial charge in [-0.25, -0.2) is 4.79 Å². The number of H-pyrrole nitrogens is 1. The number of hydrogen-bond acceptors (Lipinski definition) is 4. The number of aromatic nitrogens is 1. The van der Waals surface area contributed by atoms with E-state index in [2.05, 4.69) is 65.0 Å². The fourth-order valence-corrected chi connectivity index (χ4v) is 5.10. The van der Waals surface area contributed by atoms with E-state index in [4.69, 9.17) is 4.74 Å². The van der Waals surface area contributed by atoms with Gasteiger partial charge in [0.1, 0.15) is 0 Å². The van der Waals surface area contributed by atoms with Gasteiger partial charge in [-0.2, -0.15) is 0 Å². The van der Waals surface area contributed by atoms with Crippen LogP contribution in [0, 0.1) is 13.8 Å². The molecule has 0 fully saturated rings. The van der Waals surface area contributed by atoms with Crippen molar-refractivity contribution in [3.8, 4) is 0 Å². The molecular weight excluding hydrogens is 410 g/mol.